The Morgan fingerprint density at radius 1 is 0.639 bits per heavy atom. The lowest BCUT2D eigenvalue weighted by Crippen LogP contribution is -2.09. The largest absolute Gasteiger partial charge is 0.506 e. The number of anilines is 4. The number of nitrogens with one attached hydrogen (secondary N) is 2. The molecule has 8 N–H and O–H groups in total. The summed E-state index contributed by atoms with van der Waals surface area (Å²) in [5, 5.41) is 26.5. The number of phenols is 2. The van der Waals surface area contributed by atoms with Gasteiger partial charge in [-0.2, -0.15) is 4.21 Å². The predicted molar refractivity (Wildman–Crippen MR) is 142 cm³/mol. The minimum atomic E-state index is -2.18. The minimum Gasteiger partial charge on any atom is -0.506 e. The quantitative estimate of drug-likeness (QED) is 0.135. The van der Waals surface area contributed by atoms with Crippen LogP contribution in [-0.2, 0) is 24.5 Å². The number of rotatable bonds is 10. The number of benzene rings is 4. The van der Waals surface area contributed by atoms with Crippen molar-refractivity contribution in [1.82, 2.24) is 0 Å². The van der Waals surface area contributed by atoms with Crippen LogP contribution in [0.2, 0.25) is 0 Å². The zero-order valence-corrected chi connectivity index (χ0v) is 20.0. The summed E-state index contributed by atoms with van der Waals surface area (Å²) in [6, 6.07) is 23.5. The molecule has 0 unspecified atom stereocenters. The van der Waals surface area contributed by atoms with Gasteiger partial charge in [0.25, 0.3) is 0 Å². The number of hydrogen-bond donors (Lipinski definition) is 6. The molecule has 0 aromatic heterocycles. The highest BCUT2D eigenvalue weighted by molar-refractivity contribution is 7.75. The van der Waals surface area contributed by atoms with E-state index in [2.05, 4.69) is 10.6 Å². The molecule has 0 aliphatic rings. The van der Waals surface area contributed by atoms with Gasteiger partial charge in [0, 0.05) is 36.6 Å². The van der Waals surface area contributed by atoms with E-state index in [0.717, 1.165) is 11.1 Å². The molecule has 0 aliphatic carbocycles. The van der Waals surface area contributed by atoms with Gasteiger partial charge in [-0.15, -0.1) is 0 Å². The van der Waals surface area contributed by atoms with Crippen molar-refractivity contribution in [3.8, 4) is 23.0 Å². The van der Waals surface area contributed by atoms with Gasteiger partial charge in [-0.05, 0) is 59.7 Å². The average Bonchev–Trinajstić information content (AvgIpc) is 2.86. The predicted octanol–water partition coefficient (Wildman–Crippen LogP) is 4.52. The van der Waals surface area contributed by atoms with Crippen LogP contribution in [0.4, 0.5) is 22.7 Å². The maximum Gasteiger partial charge on any atom is 0.417 e. The van der Waals surface area contributed by atoms with E-state index in [-0.39, 0.29) is 23.0 Å². The van der Waals surface area contributed by atoms with Gasteiger partial charge in [0.2, 0.25) is 0 Å². The Morgan fingerprint density at radius 2 is 1.03 bits per heavy atom. The van der Waals surface area contributed by atoms with Gasteiger partial charge < -0.3 is 40.7 Å². The van der Waals surface area contributed by atoms with Gasteiger partial charge in [0.15, 0.2) is 0 Å². The van der Waals surface area contributed by atoms with Crippen molar-refractivity contribution in [3.05, 3.63) is 96.1 Å². The van der Waals surface area contributed by atoms with Gasteiger partial charge in [-0.25, -0.2) is 0 Å². The molecule has 0 atom stereocenters. The molecule has 4 aromatic carbocycles. The Balaban J connectivity index is 1.36. The monoisotopic (exact) mass is 506 g/mol. The summed E-state index contributed by atoms with van der Waals surface area (Å²) >= 11 is -2.18. The molecule has 0 spiro atoms. The van der Waals surface area contributed by atoms with Crippen LogP contribution in [0.5, 0.6) is 23.0 Å². The first-order valence-electron chi connectivity index (χ1n) is 11.0. The van der Waals surface area contributed by atoms with Crippen molar-refractivity contribution in [2.24, 2.45) is 0 Å². The maximum absolute atomic E-state index is 12.5. The van der Waals surface area contributed by atoms with E-state index >= 15 is 0 Å². The zero-order valence-electron chi connectivity index (χ0n) is 19.2. The van der Waals surface area contributed by atoms with Gasteiger partial charge >= 0.3 is 11.4 Å². The van der Waals surface area contributed by atoms with Crippen LogP contribution >= 0.6 is 0 Å². The lowest BCUT2D eigenvalue weighted by molar-refractivity contribution is 0.454. The van der Waals surface area contributed by atoms with Crippen LogP contribution in [-0.4, -0.2) is 14.4 Å². The van der Waals surface area contributed by atoms with E-state index in [1.165, 1.54) is 36.4 Å². The molecule has 0 heterocycles. The third kappa shape index (κ3) is 6.73. The number of nitrogens with two attached hydrogens (primary N) is 2. The van der Waals surface area contributed by atoms with Gasteiger partial charge in [0.1, 0.15) is 23.0 Å². The second-order valence-electron chi connectivity index (χ2n) is 7.92. The van der Waals surface area contributed by atoms with E-state index in [1.54, 1.807) is 24.3 Å². The molecule has 0 saturated carbocycles. The fraction of sp³-hybridized carbons (Fsp3) is 0.0769. The Morgan fingerprint density at radius 3 is 1.42 bits per heavy atom. The third-order valence-electron chi connectivity index (χ3n) is 5.19. The van der Waals surface area contributed by atoms with Crippen LogP contribution in [0, 0.1) is 0 Å². The highest BCUT2D eigenvalue weighted by Crippen LogP contribution is 2.31. The lowest BCUT2D eigenvalue weighted by atomic mass is 10.2. The van der Waals surface area contributed by atoms with Crippen LogP contribution in [0.15, 0.2) is 84.9 Å². The molecule has 36 heavy (non-hydrogen) atoms. The summed E-state index contributed by atoms with van der Waals surface area (Å²) < 4.78 is 23.2. The summed E-state index contributed by atoms with van der Waals surface area (Å²) in [7, 11) is 0. The minimum absolute atomic E-state index is 0.0137. The highest BCUT2D eigenvalue weighted by Gasteiger charge is 2.11. The van der Waals surface area contributed by atoms with E-state index in [1.807, 2.05) is 24.3 Å². The van der Waals surface area contributed by atoms with Crippen LogP contribution < -0.4 is 30.5 Å². The van der Waals surface area contributed by atoms with Crippen molar-refractivity contribution >= 4 is 34.1 Å². The Kier molecular flexibility index (Phi) is 7.66. The van der Waals surface area contributed by atoms with Gasteiger partial charge in [-0.1, -0.05) is 24.3 Å². The molecular weight excluding hydrogens is 480 g/mol. The molecule has 0 bridgehead atoms. The fourth-order valence-corrected chi connectivity index (χ4v) is 3.81. The van der Waals surface area contributed by atoms with Gasteiger partial charge in [0.05, 0.1) is 11.4 Å². The molecule has 4 aromatic rings. The number of aromatic hydroxyl groups is 2. The maximum atomic E-state index is 12.5. The Hall–Kier alpha value is -4.57. The van der Waals surface area contributed by atoms with Crippen molar-refractivity contribution < 1.29 is 22.8 Å². The molecule has 0 fully saturated rings. The van der Waals surface area contributed by atoms with Crippen molar-refractivity contribution in [2.75, 3.05) is 22.1 Å². The van der Waals surface area contributed by atoms with Crippen LogP contribution in [0.1, 0.15) is 11.1 Å². The molecule has 9 nitrogen and oxygen atoms in total. The van der Waals surface area contributed by atoms with E-state index in [0.29, 0.717) is 35.8 Å². The third-order valence-corrected chi connectivity index (χ3v) is 5.85. The summed E-state index contributed by atoms with van der Waals surface area (Å²) in [5.74, 6) is 0.484. The molecule has 0 amide bonds. The molecule has 0 aliphatic heterocycles. The lowest BCUT2D eigenvalue weighted by Gasteiger charge is -2.12. The standard InChI is InChI=1S/C26H26N4O5S/c27-19-5-1-17(2-6-19)15-29-23-13-21(9-11-25(23)31)34-36(33)35-22-10-12-26(32)24(14-22)30-16-18-3-7-20(28)8-4-18/h1-14,29-32H,15-16,27-28H2. The number of nitrogen functional groups attached to an aromatic ring is 2. The van der Waals surface area contributed by atoms with Crippen molar-refractivity contribution in [1.29, 1.82) is 0 Å². The normalized spacial score (nSPS) is 10.7. The summed E-state index contributed by atoms with van der Waals surface area (Å²) in [4.78, 5) is 0. The Bertz CT molecular complexity index is 1240. The van der Waals surface area contributed by atoms with Crippen molar-refractivity contribution in [2.45, 2.75) is 13.1 Å². The molecule has 10 heteroatoms. The average molecular weight is 507 g/mol. The molecule has 0 saturated heterocycles. The smallest absolute Gasteiger partial charge is 0.417 e. The van der Waals surface area contributed by atoms with Crippen LogP contribution in [0.3, 0.4) is 0 Å². The topological polar surface area (TPSA) is 152 Å². The molecule has 0 radical (unpaired) electrons. The Labute approximate surface area is 211 Å². The first-order valence-corrected chi connectivity index (χ1v) is 12.0. The highest BCUT2D eigenvalue weighted by atomic mass is 32.2. The second kappa shape index (κ2) is 11.2. The number of phenolic OH excluding ortho intramolecular Hbond substituents is 2. The van der Waals surface area contributed by atoms with E-state index in [4.69, 9.17) is 19.8 Å². The van der Waals surface area contributed by atoms with Gasteiger partial charge in [-0.3, -0.25) is 0 Å². The first-order chi connectivity index (χ1) is 17.4. The molecule has 4 rings (SSSR count). The molecular formula is C26H26N4O5S. The first kappa shape index (κ1) is 24.6. The second-order valence-corrected chi connectivity index (χ2v) is 8.66. The SMILES string of the molecule is Nc1ccc(CNc2cc(OS(=O)Oc3ccc(O)c(NCc4ccc(N)cc4)c3)ccc2O)cc1. The summed E-state index contributed by atoms with van der Waals surface area (Å²) in [5.41, 5.74) is 15.5. The van der Waals surface area contributed by atoms with Crippen LogP contribution in [0.25, 0.3) is 0 Å². The summed E-state index contributed by atoms with van der Waals surface area (Å²) in [6.07, 6.45) is 0. The summed E-state index contributed by atoms with van der Waals surface area (Å²) in [6.45, 7) is 0.882. The van der Waals surface area contributed by atoms with E-state index < -0.39 is 11.4 Å². The molecule has 186 valence electrons. The van der Waals surface area contributed by atoms with Crippen molar-refractivity contribution in [3.63, 3.8) is 0 Å². The zero-order chi connectivity index (χ0) is 25.5. The van der Waals surface area contributed by atoms with E-state index in [9.17, 15) is 14.4 Å². The fourth-order valence-electron chi connectivity index (χ4n) is 3.26. The number of hydrogen-bond acceptors (Lipinski definition) is 9.